The highest BCUT2D eigenvalue weighted by Gasteiger charge is 2.20. The third-order valence-electron chi connectivity index (χ3n) is 5.69. The molecule has 1 aliphatic carbocycles. The van der Waals surface area contributed by atoms with E-state index >= 15 is 0 Å². The number of aryl methyl sites for hydroxylation is 2. The third kappa shape index (κ3) is 4.76. The van der Waals surface area contributed by atoms with E-state index in [1.807, 2.05) is 42.5 Å². The molecule has 1 N–H and O–H groups in total. The normalized spacial score (nSPS) is 13.2. The number of nitrogens with one attached hydrogen (secondary N) is 1. The van der Waals surface area contributed by atoms with Crippen LogP contribution in [0.4, 0.5) is 0 Å². The minimum absolute atomic E-state index is 0.0621. The summed E-state index contributed by atoms with van der Waals surface area (Å²) in [7, 11) is 1.61. The Kier molecular flexibility index (Phi) is 6.62. The average molecular weight is 499 g/mol. The van der Waals surface area contributed by atoms with E-state index in [0.717, 1.165) is 50.7 Å². The Morgan fingerprint density at radius 1 is 1.12 bits per heavy atom. The van der Waals surface area contributed by atoms with Gasteiger partial charge in [-0.25, -0.2) is 4.98 Å². The molecule has 2 aromatic heterocycles. The molecule has 0 saturated heterocycles. The van der Waals surface area contributed by atoms with Crippen LogP contribution in [0, 0.1) is 0 Å². The zero-order valence-corrected chi connectivity index (χ0v) is 20.5. The van der Waals surface area contributed by atoms with Gasteiger partial charge in [0.1, 0.15) is 10.7 Å². The largest absolute Gasteiger partial charge is 0.493 e. The SMILES string of the molecule is COc1cc(-c2nc3sc4c(c3c(=O)[nH]2)CCCC4)ccc1OCCSc1ccc(Cl)cc1. The molecule has 2 aromatic carbocycles. The van der Waals surface area contributed by atoms with Crippen molar-refractivity contribution in [3.05, 3.63) is 68.3 Å². The second-order valence-electron chi connectivity index (χ2n) is 7.82. The summed E-state index contributed by atoms with van der Waals surface area (Å²) in [6.07, 6.45) is 4.33. The minimum atomic E-state index is -0.0621. The second kappa shape index (κ2) is 9.79. The maximum absolute atomic E-state index is 12.9. The molecule has 33 heavy (non-hydrogen) atoms. The molecule has 1 aliphatic rings. The van der Waals surface area contributed by atoms with Gasteiger partial charge >= 0.3 is 0 Å². The van der Waals surface area contributed by atoms with Crippen LogP contribution in [0.1, 0.15) is 23.3 Å². The number of ether oxygens (including phenoxy) is 2. The monoisotopic (exact) mass is 498 g/mol. The Labute approximate surface area is 205 Å². The van der Waals surface area contributed by atoms with E-state index in [9.17, 15) is 4.79 Å². The number of rotatable bonds is 7. The summed E-state index contributed by atoms with van der Waals surface area (Å²) in [6, 6.07) is 13.4. The Bertz CT molecular complexity index is 1350. The molecule has 0 unspecified atom stereocenters. The molecule has 170 valence electrons. The van der Waals surface area contributed by atoms with Gasteiger partial charge in [0.25, 0.3) is 5.56 Å². The van der Waals surface area contributed by atoms with Crippen molar-refractivity contribution in [2.75, 3.05) is 19.5 Å². The van der Waals surface area contributed by atoms with E-state index in [0.29, 0.717) is 23.9 Å². The fourth-order valence-corrected chi connectivity index (χ4v) is 6.20. The van der Waals surface area contributed by atoms with Gasteiger partial charge in [0, 0.05) is 26.1 Å². The molecule has 0 fully saturated rings. The van der Waals surface area contributed by atoms with Crippen LogP contribution in [0.5, 0.6) is 11.5 Å². The molecule has 2 heterocycles. The highest BCUT2D eigenvalue weighted by Crippen LogP contribution is 2.36. The summed E-state index contributed by atoms with van der Waals surface area (Å²) in [5.41, 5.74) is 1.92. The number of methoxy groups -OCH3 is 1. The maximum atomic E-state index is 12.9. The summed E-state index contributed by atoms with van der Waals surface area (Å²) in [6.45, 7) is 0.533. The van der Waals surface area contributed by atoms with E-state index in [4.69, 9.17) is 26.1 Å². The Morgan fingerprint density at radius 3 is 2.76 bits per heavy atom. The lowest BCUT2D eigenvalue weighted by Gasteiger charge is -2.12. The van der Waals surface area contributed by atoms with Crippen LogP contribution in [-0.4, -0.2) is 29.4 Å². The van der Waals surface area contributed by atoms with Crippen LogP contribution in [0.3, 0.4) is 0 Å². The molecule has 0 amide bonds. The van der Waals surface area contributed by atoms with Gasteiger partial charge in [0.05, 0.1) is 19.1 Å². The van der Waals surface area contributed by atoms with Crippen molar-refractivity contribution in [2.45, 2.75) is 30.6 Å². The first kappa shape index (κ1) is 22.3. The molecule has 0 spiro atoms. The number of aromatic amines is 1. The van der Waals surface area contributed by atoms with Crippen molar-refractivity contribution in [1.82, 2.24) is 9.97 Å². The van der Waals surface area contributed by atoms with Gasteiger partial charge < -0.3 is 14.5 Å². The number of hydrogen-bond acceptors (Lipinski definition) is 6. The van der Waals surface area contributed by atoms with Crippen molar-refractivity contribution in [1.29, 1.82) is 0 Å². The molecule has 0 saturated carbocycles. The van der Waals surface area contributed by atoms with Crippen molar-refractivity contribution in [3.63, 3.8) is 0 Å². The first-order valence-corrected chi connectivity index (χ1v) is 13.0. The van der Waals surface area contributed by atoms with Crippen molar-refractivity contribution < 1.29 is 9.47 Å². The number of hydrogen-bond donors (Lipinski definition) is 1. The topological polar surface area (TPSA) is 64.2 Å². The molecular weight excluding hydrogens is 476 g/mol. The molecular formula is C25H23ClN2O3S2. The van der Waals surface area contributed by atoms with Gasteiger partial charge in [-0.1, -0.05) is 11.6 Å². The van der Waals surface area contributed by atoms with Crippen LogP contribution in [0.15, 0.2) is 52.2 Å². The van der Waals surface area contributed by atoms with E-state index in [-0.39, 0.29) is 5.56 Å². The molecule has 8 heteroatoms. The smallest absolute Gasteiger partial charge is 0.260 e. The van der Waals surface area contributed by atoms with Crippen LogP contribution in [0.25, 0.3) is 21.6 Å². The zero-order chi connectivity index (χ0) is 22.8. The summed E-state index contributed by atoms with van der Waals surface area (Å²) >= 11 is 9.29. The zero-order valence-electron chi connectivity index (χ0n) is 18.2. The fraction of sp³-hybridized carbons (Fsp3) is 0.280. The lowest BCUT2D eigenvalue weighted by molar-refractivity contribution is 0.313. The highest BCUT2D eigenvalue weighted by molar-refractivity contribution is 7.99. The summed E-state index contributed by atoms with van der Waals surface area (Å²) in [5, 5.41) is 1.50. The van der Waals surface area contributed by atoms with Gasteiger partial charge in [0.15, 0.2) is 11.5 Å². The Hall–Kier alpha value is -2.48. The van der Waals surface area contributed by atoms with Crippen molar-refractivity contribution in [2.24, 2.45) is 0 Å². The number of thiophene rings is 1. The van der Waals surface area contributed by atoms with E-state index in [1.165, 1.54) is 16.9 Å². The van der Waals surface area contributed by atoms with Crippen LogP contribution >= 0.6 is 34.7 Å². The standard InChI is InChI=1S/C25H23ClN2O3S2/c1-30-20-14-15(6-11-19(20)31-12-13-32-17-9-7-16(26)8-10-17)23-27-24(29)22-18-4-2-3-5-21(18)33-25(22)28-23/h6-11,14H,2-5,12-13H2,1H3,(H,27,28,29). The lowest BCUT2D eigenvalue weighted by Crippen LogP contribution is -2.11. The number of aromatic nitrogens is 2. The molecule has 0 radical (unpaired) electrons. The van der Waals surface area contributed by atoms with Gasteiger partial charge in [0.2, 0.25) is 0 Å². The minimum Gasteiger partial charge on any atom is -0.493 e. The molecule has 5 nitrogen and oxygen atoms in total. The Morgan fingerprint density at radius 2 is 1.94 bits per heavy atom. The summed E-state index contributed by atoms with van der Waals surface area (Å²) in [4.78, 5) is 23.9. The Balaban J connectivity index is 1.33. The fourth-order valence-electron chi connectivity index (χ4n) is 4.08. The first-order chi connectivity index (χ1) is 16.1. The lowest BCUT2D eigenvalue weighted by atomic mass is 9.97. The number of fused-ring (bicyclic) bond motifs is 3. The second-order valence-corrected chi connectivity index (χ2v) is 10.5. The van der Waals surface area contributed by atoms with E-state index in [2.05, 4.69) is 4.98 Å². The van der Waals surface area contributed by atoms with E-state index in [1.54, 1.807) is 30.2 Å². The highest BCUT2D eigenvalue weighted by atomic mass is 35.5. The van der Waals surface area contributed by atoms with Crippen LogP contribution < -0.4 is 15.0 Å². The van der Waals surface area contributed by atoms with Crippen LogP contribution in [0.2, 0.25) is 5.02 Å². The molecule has 0 aliphatic heterocycles. The first-order valence-electron chi connectivity index (χ1n) is 10.9. The predicted molar refractivity (Wildman–Crippen MR) is 137 cm³/mol. The van der Waals surface area contributed by atoms with Crippen LogP contribution in [-0.2, 0) is 12.8 Å². The maximum Gasteiger partial charge on any atom is 0.260 e. The number of benzene rings is 2. The summed E-state index contributed by atoms with van der Waals surface area (Å²) < 4.78 is 11.5. The molecule has 0 atom stereocenters. The van der Waals surface area contributed by atoms with Gasteiger partial charge in [-0.05, 0) is 73.7 Å². The number of halogens is 1. The summed E-state index contributed by atoms with van der Waals surface area (Å²) in [5.74, 6) is 2.61. The van der Waals surface area contributed by atoms with Gasteiger partial charge in [-0.15, -0.1) is 23.1 Å². The molecule has 0 bridgehead atoms. The number of thioether (sulfide) groups is 1. The quantitative estimate of drug-likeness (QED) is 0.237. The van der Waals surface area contributed by atoms with E-state index < -0.39 is 0 Å². The number of nitrogens with zero attached hydrogens (tertiary/aromatic N) is 1. The predicted octanol–water partition coefficient (Wildman–Crippen LogP) is 6.36. The van der Waals surface area contributed by atoms with Crippen molar-refractivity contribution >= 4 is 44.9 Å². The molecule has 5 rings (SSSR count). The van der Waals surface area contributed by atoms with Gasteiger partial charge in [-0.2, -0.15) is 0 Å². The van der Waals surface area contributed by atoms with Gasteiger partial charge in [-0.3, -0.25) is 4.79 Å². The number of H-pyrrole nitrogens is 1. The molecule has 4 aromatic rings. The average Bonchev–Trinajstić information content (AvgIpc) is 3.22. The third-order valence-corrected chi connectivity index (χ3v) is 8.10. The van der Waals surface area contributed by atoms with Crippen molar-refractivity contribution in [3.8, 4) is 22.9 Å².